The van der Waals surface area contributed by atoms with Crippen LogP contribution in [0.15, 0.2) is 34.6 Å². The molecule has 1 aromatic rings. The molecule has 0 saturated heterocycles. The number of hydrogen-bond donors (Lipinski definition) is 0. The number of allylic oxidation sites excluding steroid dienone is 1. The number of rotatable bonds is 4. The van der Waals surface area contributed by atoms with Gasteiger partial charge in [0.1, 0.15) is 5.82 Å². The van der Waals surface area contributed by atoms with Gasteiger partial charge in [-0.1, -0.05) is 37.8 Å². The second-order valence-electron chi connectivity index (χ2n) is 3.00. The van der Waals surface area contributed by atoms with Crippen LogP contribution in [0.3, 0.4) is 0 Å². The van der Waals surface area contributed by atoms with Gasteiger partial charge in [-0.3, -0.25) is 0 Å². The largest absolute Gasteiger partial charge is 0.207 e. The molecule has 0 nitrogen and oxygen atoms in total. The molecule has 0 fully saturated rings. The quantitative estimate of drug-likeness (QED) is 0.663. The SMILES string of the molecule is CC/C=C/Sc1ccc(CC)c(F)c1. The molecule has 76 valence electrons. The highest BCUT2D eigenvalue weighted by Gasteiger charge is 2.00. The summed E-state index contributed by atoms with van der Waals surface area (Å²) in [5.41, 5.74) is 0.786. The van der Waals surface area contributed by atoms with E-state index in [0.29, 0.717) is 0 Å². The van der Waals surface area contributed by atoms with Crippen LogP contribution in [0.5, 0.6) is 0 Å². The molecule has 0 heterocycles. The molecular weight excluding hydrogens is 195 g/mol. The van der Waals surface area contributed by atoms with Gasteiger partial charge >= 0.3 is 0 Å². The molecule has 2 heteroatoms. The van der Waals surface area contributed by atoms with Crippen LogP contribution in [-0.4, -0.2) is 0 Å². The first-order chi connectivity index (χ1) is 6.77. The third-order valence-electron chi connectivity index (χ3n) is 1.94. The summed E-state index contributed by atoms with van der Waals surface area (Å²) in [5, 5.41) is 2.00. The monoisotopic (exact) mass is 210 g/mol. The molecule has 0 spiro atoms. The van der Waals surface area contributed by atoms with Crippen molar-refractivity contribution in [3.05, 3.63) is 41.1 Å². The molecule has 0 aliphatic rings. The predicted molar refractivity (Wildman–Crippen MR) is 61.1 cm³/mol. The van der Waals surface area contributed by atoms with Crippen molar-refractivity contribution in [2.75, 3.05) is 0 Å². The molecule has 0 aliphatic heterocycles. The van der Waals surface area contributed by atoms with Crippen molar-refractivity contribution in [1.29, 1.82) is 0 Å². The second kappa shape index (κ2) is 5.86. The summed E-state index contributed by atoms with van der Waals surface area (Å²) in [6, 6.07) is 5.42. The smallest absolute Gasteiger partial charge is 0.127 e. The fourth-order valence-electron chi connectivity index (χ4n) is 1.11. The van der Waals surface area contributed by atoms with Gasteiger partial charge in [0, 0.05) is 4.90 Å². The molecular formula is C12H15FS. The Morgan fingerprint density at radius 2 is 2.14 bits per heavy atom. The number of aryl methyl sites for hydroxylation is 1. The van der Waals surface area contributed by atoms with E-state index in [1.807, 2.05) is 24.5 Å². The Labute approximate surface area is 89.2 Å². The molecule has 0 aliphatic carbocycles. The Balaban J connectivity index is 2.71. The van der Waals surface area contributed by atoms with Crippen molar-refractivity contribution >= 4 is 11.8 Å². The molecule has 1 rings (SSSR count). The van der Waals surface area contributed by atoms with E-state index in [-0.39, 0.29) is 5.82 Å². The zero-order valence-corrected chi connectivity index (χ0v) is 9.40. The van der Waals surface area contributed by atoms with Crippen molar-refractivity contribution in [3.63, 3.8) is 0 Å². The Hall–Kier alpha value is -0.760. The van der Waals surface area contributed by atoms with E-state index in [2.05, 4.69) is 13.0 Å². The van der Waals surface area contributed by atoms with Crippen LogP contribution in [-0.2, 0) is 6.42 Å². The highest BCUT2D eigenvalue weighted by atomic mass is 32.2. The minimum absolute atomic E-state index is 0.0950. The second-order valence-corrected chi connectivity index (χ2v) is 3.98. The molecule has 0 saturated carbocycles. The molecule has 0 aromatic heterocycles. The van der Waals surface area contributed by atoms with Crippen molar-refractivity contribution in [2.24, 2.45) is 0 Å². The van der Waals surface area contributed by atoms with Gasteiger partial charge in [0.05, 0.1) is 0 Å². The number of benzene rings is 1. The zero-order chi connectivity index (χ0) is 10.4. The Morgan fingerprint density at radius 1 is 1.36 bits per heavy atom. The van der Waals surface area contributed by atoms with E-state index < -0.39 is 0 Å². The molecule has 0 unspecified atom stereocenters. The van der Waals surface area contributed by atoms with E-state index >= 15 is 0 Å². The first-order valence-corrected chi connectivity index (χ1v) is 5.76. The maximum absolute atomic E-state index is 13.3. The molecule has 0 amide bonds. The van der Waals surface area contributed by atoms with E-state index in [4.69, 9.17) is 0 Å². The summed E-state index contributed by atoms with van der Waals surface area (Å²) >= 11 is 1.56. The van der Waals surface area contributed by atoms with Crippen LogP contribution < -0.4 is 0 Å². The minimum atomic E-state index is -0.0950. The Kier molecular flexibility index (Phi) is 4.74. The van der Waals surface area contributed by atoms with Gasteiger partial charge in [0.25, 0.3) is 0 Å². The maximum Gasteiger partial charge on any atom is 0.127 e. The van der Waals surface area contributed by atoms with Crippen LogP contribution in [0.2, 0.25) is 0 Å². The average molecular weight is 210 g/mol. The third-order valence-corrected chi connectivity index (χ3v) is 2.80. The number of hydrogen-bond acceptors (Lipinski definition) is 1. The number of thioether (sulfide) groups is 1. The van der Waals surface area contributed by atoms with Crippen LogP contribution in [0.4, 0.5) is 4.39 Å². The molecule has 0 atom stereocenters. The van der Waals surface area contributed by atoms with E-state index in [9.17, 15) is 4.39 Å². The lowest BCUT2D eigenvalue weighted by Crippen LogP contribution is -1.86. The number of halogens is 1. The lowest BCUT2D eigenvalue weighted by molar-refractivity contribution is 0.608. The van der Waals surface area contributed by atoms with E-state index in [0.717, 1.165) is 23.3 Å². The third kappa shape index (κ3) is 3.18. The molecule has 0 bridgehead atoms. The summed E-state index contributed by atoms with van der Waals surface area (Å²) < 4.78 is 13.3. The van der Waals surface area contributed by atoms with Crippen molar-refractivity contribution in [2.45, 2.75) is 31.6 Å². The molecule has 0 radical (unpaired) electrons. The first-order valence-electron chi connectivity index (χ1n) is 4.88. The molecule has 1 aromatic carbocycles. The summed E-state index contributed by atoms with van der Waals surface area (Å²) in [6.07, 6.45) is 3.83. The van der Waals surface area contributed by atoms with E-state index in [1.54, 1.807) is 17.8 Å². The van der Waals surface area contributed by atoms with Gasteiger partial charge in [-0.2, -0.15) is 0 Å². The fraction of sp³-hybridized carbons (Fsp3) is 0.333. The van der Waals surface area contributed by atoms with Gasteiger partial charge in [0.2, 0.25) is 0 Å². The average Bonchev–Trinajstić information content (AvgIpc) is 2.18. The highest BCUT2D eigenvalue weighted by molar-refractivity contribution is 8.02. The van der Waals surface area contributed by atoms with Crippen LogP contribution in [0.1, 0.15) is 25.8 Å². The van der Waals surface area contributed by atoms with Gasteiger partial charge in [-0.25, -0.2) is 4.39 Å². The van der Waals surface area contributed by atoms with Crippen LogP contribution in [0, 0.1) is 5.82 Å². The standard InChI is InChI=1S/C12H15FS/c1-3-5-8-14-11-7-6-10(4-2)12(13)9-11/h5-9H,3-4H2,1-2H3/b8-5+. The minimum Gasteiger partial charge on any atom is -0.207 e. The van der Waals surface area contributed by atoms with Gasteiger partial charge < -0.3 is 0 Å². The summed E-state index contributed by atoms with van der Waals surface area (Å²) in [7, 11) is 0. The maximum atomic E-state index is 13.3. The van der Waals surface area contributed by atoms with Gasteiger partial charge in [0.15, 0.2) is 0 Å². The normalized spacial score (nSPS) is 11.1. The fourth-order valence-corrected chi connectivity index (χ4v) is 1.87. The summed E-state index contributed by atoms with van der Waals surface area (Å²) in [6.45, 7) is 4.04. The first kappa shape index (κ1) is 11.3. The van der Waals surface area contributed by atoms with Crippen molar-refractivity contribution in [1.82, 2.24) is 0 Å². The van der Waals surface area contributed by atoms with Crippen LogP contribution in [0.25, 0.3) is 0 Å². The summed E-state index contributed by atoms with van der Waals surface area (Å²) in [4.78, 5) is 0.962. The van der Waals surface area contributed by atoms with E-state index in [1.165, 1.54) is 0 Å². The van der Waals surface area contributed by atoms with Crippen molar-refractivity contribution < 1.29 is 4.39 Å². The van der Waals surface area contributed by atoms with Gasteiger partial charge in [-0.15, -0.1) is 0 Å². The molecule has 0 N–H and O–H groups in total. The summed E-state index contributed by atoms with van der Waals surface area (Å²) in [5.74, 6) is -0.0950. The Bertz CT molecular complexity index is 318. The lowest BCUT2D eigenvalue weighted by Gasteiger charge is -2.01. The Morgan fingerprint density at radius 3 is 2.71 bits per heavy atom. The van der Waals surface area contributed by atoms with Crippen molar-refractivity contribution in [3.8, 4) is 0 Å². The van der Waals surface area contributed by atoms with Crippen LogP contribution >= 0.6 is 11.8 Å². The highest BCUT2D eigenvalue weighted by Crippen LogP contribution is 2.22. The molecule has 14 heavy (non-hydrogen) atoms. The lowest BCUT2D eigenvalue weighted by atomic mass is 10.2. The topological polar surface area (TPSA) is 0 Å². The van der Waals surface area contributed by atoms with Gasteiger partial charge in [-0.05, 0) is 35.9 Å². The predicted octanol–water partition coefficient (Wildman–Crippen LogP) is 4.40. The zero-order valence-electron chi connectivity index (χ0n) is 8.59.